The molecule has 0 amide bonds. The van der Waals surface area contributed by atoms with Gasteiger partial charge in [-0.2, -0.15) is 0 Å². The zero-order chi connectivity index (χ0) is 9.42. The number of pyridine rings is 1. The normalized spacial score (nSPS) is 22.8. The third-order valence-electron chi connectivity index (χ3n) is 2.52. The van der Waals surface area contributed by atoms with Gasteiger partial charge in [0.2, 0.25) is 0 Å². The van der Waals surface area contributed by atoms with Crippen LogP contribution in [-0.2, 0) is 6.54 Å². The second-order valence-corrected chi connectivity index (χ2v) is 3.91. The molecule has 1 atom stereocenters. The van der Waals surface area contributed by atoms with E-state index in [0.29, 0.717) is 5.92 Å². The zero-order valence-electron chi connectivity index (χ0n) is 8.12. The molecule has 0 saturated carbocycles. The first-order valence-electron chi connectivity index (χ1n) is 4.59. The first-order chi connectivity index (χ1) is 6.16. The van der Waals surface area contributed by atoms with Crippen molar-refractivity contribution in [2.45, 2.75) is 19.4 Å². The highest BCUT2D eigenvalue weighted by Gasteiger charge is 2.20. The highest BCUT2D eigenvalue weighted by molar-refractivity contribution is 5.41. The Kier molecular flexibility index (Phi) is 1.96. The summed E-state index contributed by atoms with van der Waals surface area (Å²) in [6.07, 6.45) is 1.75. The van der Waals surface area contributed by atoms with Crippen LogP contribution in [0.3, 0.4) is 0 Å². The number of anilines is 1. The highest BCUT2D eigenvalue weighted by Crippen LogP contribution is 2.26. The molecule has 1 aliphatic rings. The molecule has 0 spiro atoms. The number of likely N-dealkylation sites (N-methyl/N-ethyl adjacent to an activating group) is 1. The van der Waals surface area contributed by atoms with Crippen LogP contribution in [0.15, 0.2) is 12.3 Å². The molecule has 0 saturated heterocycles. The van der Waals surface area contributed by atoms with Gasteiger partial charge in [-0.3, -0.25) is 4.98 Å². The number of aromatic nitrogens is 1. The molecule has 2 heterocycles. The summed E-state index contributed by atoms with van der Waals surface area (Å²) in [5, 5.41) is 0. The summed E-state index contributed by atoms with van der Waals surface area (Å²) in [5.74, 6) is 0.523. The second kappa shape index (κ2) is 3.00. The Morgan fingerprint density at radius 1 is 1.62 bits per heavy atom. The van der Waals surface area contributed by atoms with Crippen molar-refractivity contribution >= 4 is 5.69 Å². The fourth-order valence-electron chi connectivity index (χ4n) is 2.02. The van der Waals surface area contributed by atoms with E-state index < -0.39 is 0 Å². The van der Waals surface area contributed by atoms with Gasteiger partial charge in [0.1, 0.15) is 0 Å². The minimum Gasteiger partial charge on any atom is -0.397 e. The molecule has 2 rings (SSSR count). The molecule has 0 aliphatic carbocycles. The van der Waals surface area contributed by atoms with Crippen LogP contribution in [0.25, 0.3) is 0 Å². The quantitative estimate of drug-likeness (QED) is 0.647. The lowest BCUT2D eigenvalue weighted by Crippen LogP contribution is -2.29. The first kappa shape index (κ1) is 8.51. The van der Waals surface area contributed by atoms with Crippen molar-refractivity contribution in [2.75, 3.05) is 19.3 Å². The molecule has 0 radical (unpaired) electrons. The van der Waals surface area contributed by atoms with Crippen molar-refractivity contribution in [1.29, 1.82) is 0 Å². The molecule has 70 valence electrons. The van der Waals surface area contributed by atoms with Crippen LogP contribution in [0.1, 0.15) is 24.1 Å². The van der Waals surface area contributed by atoms with E-state index >= 15 is 0 Å². The lowest BCUT2D eigenvalue weighted by atomic mass is 9.97. The molecule has 3 heteroatoms. The van der Waals surface area contributed by atoms with E-state index in [2.05, 4.69) is 23.9 Å². The van der Waals surface area contributed by atoms with Crippen molar-refractivity contribution in [2.24, 2.45) is 0 Å². The van der Waals surface area contributed by atoms with Gasteiger partial charge < -0.3 is 10.6 Å². The Hall–Kier alpha value is -1.09. The van der Waals surface area contributed by atoms with Crippen molar-refractivity contribution in [3.63, 3.8) is 0 Å². The predicted molar refractivity (Wildman–Crippen MR) is 53.4 cm³/mol. The summed E-state index contributed by atoms with van der Waals surface area (Å²) in [6, 6.07) is 2.04. The van der Waals surface area contributed by atoms with Gasteiger partial charge in [-0.05, 0) is 18.7 Å². The minimum absolute atomic E-state index is 0.523. The Morgan fingerprint density at radius 2 is 2.38 bits per heavy atom. The number of nitrogen functional groups attached to an aromatic ring is 1. The summed E-state index contributed by atoms with van der Waals surface area (Å²) >= 11 is 0. The van der Waals surface area contributed by atoms with Gasteiger partial charge in [-0.15, -0.1) is 0 Å². The minimum atomic E-state index is 0.523. The predicted octanol–water partition coefficient (Wildman–Crippen LogP) is 1.21. The number of nitrogens with zero attached hydrogens (tertiary/aromatic N) is 2. The van der Waals surface area contributed by atoms with E-state index in [4.69, 9.17) is 5.73 Å². The lowest BCUT2D eigenvalue weighted by Gasteiger charge is -2.29. The van der Waals surface area contributed by atoms with Gasteiger partial charge in [0.25, 0.3) is 0 Å². The average Bonchev–Trinajstić information content (AvgIpc) is 2.02. The van der Waals surface area contributed by atoms with Crippen LogP contribution in [0.5, 0.6) is 0 Å². The molecule has 13 heavy (non-hydrogen) atoms. The van der Waals surface area contributed by atoms with Gasteiger partial charge >= 0.3 is 0 Å². The van der Waals surface area contributed by atoms with Crippen molar-refractivity contribution in [3.05, 3.63) is 23.5 Å². The monoisotopic (exact) mass is 177 g/mol. The fourth-order valence-corrected chi connectivity index (χ4v) is 2.02. The van der Waals surface area contributed by atoms with E-state index in [1.54, 1.807) is 6.20 Å². The Balaban J connectivity index is 2.43. The molecule has 1 aromatic rings. The maximum Gasteiger partial charge on any atom is 0.0504 e. The van der Waals surface area contributed by atoms with Crippen LogP contribution in [0, 0.1) is 0 Å². The maximum absolute atomic E-state index is 5.69. The van der Waals surface area contributed by atoms with Crippen molar-refractivity contribution in [1.82, 2.24) is 9.88 Å². The zero-order valence-corrected chi connectivity index (χ0v) is 8.12. The molecule has 1 unspecified atom stereocenters. The van der Waals surface area contributed by atoms with Gasteiger partial charge in [0, 0.05) is 24.7 Å². The largest absolute Gasteiger partial charge is 0.397 e. The fraction of sp³-hybridized carbons (Fsp3) is 0.500. The van der Waals surface area contributed by atoms with Crippen LogP contribution in [0.4, 0.5) is 5.69 Å². The maximum atomic E-state index is 5.69. The molecule has 3 nitrogen and oxygen atoms in total. The van der Waals surface area contributed by atoms with E-state index in [9.17, 15) is 0 Å². The van der Waals surface area contributed by atoms with Crippen LogP contribution < -0.4 is 5.73 Å². The van der Waals surface area contributed by atoms with Crippen LogP contribution in [-0.4, -0.2) is 23.5 Å². The van der Waals surface area contributed by atoms with Crippen molar-refractivity contribution in [3.8, 4) is 0 Å². The smallest absolute Gasteiger partial charge is 0.0504 e. The SMILES string of the molecule is CC1CN(C)Cc2cc(N)cnc21. The molecular weight excluding hydrogens is 162 g/mol. The van der Waals surface area contributed by atoms with Gasteiger partial charge in [-0.25, -0.2) is 0 Å². The second-order valence-electron chi connectivity index (χ2n) is 3.91. The number of nitrogens with two attached hydrogens (primary N) is 1. The van der Waals surface area contributed by atoms with Crippen LogP contribution in [0.2, 0.25) is 0 Å². The molecule has 1 aliphatic heterocycles. The molecular formula is C10H15N3. The summed E-state index contributed by atoms with van der Waals surface area (Å²) in [5.41, 5.74) is 8.95. The average molecular weight is 177 g/mol. The Morgan fingerprint density at radius 3 is 3.15 bits per heavy atom. The molecule has 0 fully saturated rings. The first-order valence-corrected chi connectivity index (χ1v) is 4.59. The van der Waals surface area contributed by atoms with Gasteiger partial charge in [-0.1, -0.05) is 6.92 Å². The van der Waals surface area contributed by atoms with E-state index in [-0.39, 0.29) is 0 Å². The van der Waals surface area contributed by atoms with Gasteiger partial charge in [0.05, 0.1) is 11.9 Å². The highest BCUT2D eigenvalue weighted by atomic mass is 15.1. The van der Waals surface area contributed by atoms with Crippen molar-refractivity contribution < 1.29 is 0 Å². The number of hydrogen-bond donors (Lipinski definition) is 1. The van der Waals surface area contributed by atoms with Crippen LogP contribution >= 0.6 is 0 Å². The lowest BCUT2D eigenvalue weighted by molar-refractivity contribution is 0.284. The van der Waals surface area contributed by atoms with E-state index in [0.717, 1.165) is 18.8 Å². The summed E-state index contributed by atoms with van der Waals surface area (Å²) in [4.78, 5) is 6.68. The Labute approximate surface area is 78.6 Å². The Bertz CT molecular complexity index is 322. The third kappa shape index (κ3) is 1.52. The number of hydrogen-bond acceptors (Lipinski definition) is 3. The molecule has 0 aromatic carbocycles. The number of rotatable bonds is 0. The standard InChI is InChI=1S/C10H15N3/c1-7-5-13(2)6-8-3-9(11)4-12-10(7)8/h3-4,7H,5-6,11H2,1-2H3. The molecule has 2 N–H and O–H groups in total. The summed E-state index contributed by atoms with van der Waals surface area (Å²) in [7, 11) is 2.13. The summed E-state index contributed by atoms with van der Waals surface area (Å²) < 4.78 is 0. The number of fused-ring (bicyclic) bond motifs is 1. The third-order valence-corrected chi connectivity index (χ3v) is 2.52. The van der Waals surface area contributed by atoms with E-state index in [1.807, 2.05) is 6.07 Å². The topological polar surface area (TPSA) is 42.1 Å². The molecule has 1 aromatic heterocycles. The van der Waals surface area contributed by atoms with E-state index in [1.165, 1.54) is 11.3 Å². The van der Waals surface area contributed by atoms with Gasteiger partial charge in [0.15, 0.2) is 0 Å². The summed E-state index contributed by atoms with van der Waals surface area (Å²) in [6.45, 7) is 4.26. The molecule has 0 bridgehead atoms.